The van der Waals surface area contributed by atoms with Gasteiger partial charge in [-0.25, -0.2) is 0 Å². The van der Waals surface area contributed by atoms with E-state index in [4.69, 9.17) is 10.7 Å². The van der Waals surface area contributed by atoms with Crippen molar-refractivity contribution in [2.24, 2.45) is 17.2 Å². The minimum absolute atomic E-state index is 0.177. The van der Waals surface area contributed by atoms with Crippen molar-refractivity contribution in [2.75, 3.05) is 0 Å². The summed E-state index contributed by atoms with van der Waals surface area (Å²) < 4.78 is 0. The Kier molecular flexibility index (Phi) is 7.37. The molecule has 0 aromatic carbocycles. The summed E-state index contributed by atoms with van der Waals surface area (Å²) in [5, 5.41) is 0. The average molecular weight is 249 g/mol. The molecule has 0 rings (SSSR count). The third kappa shape index (κ3) is 7.91. The molecule has 2 N–H and O–H groups in total. The van der Waals surface area contributed by atoms with Gasteiger partial charge >= 0.3 is 0 Å². The van der Waals surface area contributed by atoms with E-state index in [1.165, 1.54) is 0 Å². The predicted octanol–water partition coefficient (Wildman–Crippen LogP) is 4.52. The van der Waals surface area contributed by atoms with Crippen LogP contribution in [0.2, 0.25) is 0 Å². The van der Waals surface area contributed by atoms with Crippen molar-refractivity contribution in [3.05, 3.63) is 48.3 Å². The van der Waals surface area contributed by atoms with E-state index in [0.29, 0.717) is 5.92 Å². The summed E-state index contributed by atoms with van der Waals surface area (Å²) in [4.78, 5) is 5.01. The van der Waals surface area contributed by atoms with E-state index in [-0.39, 0.29) is 5.41 Å². The average Bonchev–Trinajstić information content (AvgIpc) is 2.24. The first kappa shape index (κ1) is 16.7. The number of rotatable bonds is 6. The topological polar surface area (TPSA) is 35.2 Å². The fourth-order valence-corrected chi connectivity index (χ4v) is 1.49. The predicted molar refractivity (Wildman–Crippen MR) is 79.7 cm³/mol. The molecule has 0 aromatic rings. The molecule has 0 aliphatic carbocycles. The Hall–Kier alpha value is -1.28. The summed E-state index contributed by atoms with van der Waals surface area (Å²) in [6.07, 6.45) is 10.6. The molecule has 0 atom stereocenters. The van der Waals surface area contributed by atoms with Crippen molar-refractivity contribution in [1.29, 1.82) is 0 Å². The van der Waals surface area contributed by atoms with E-state index in [0.717, 1.165) is 17.8 Å². The molecule has 0 fully saturated rings. The zero-order valence-electron chi connectivity index (χ0n) is 12.4. The lowest BCUT2D eigenvalue weighted by atomic mass is 9.87. The SMILES string of the molecule is C=C\C=C/C(CC(C)(C)C)=C(\C=C\C(C)C)ON. The summed E-state index contributed by atoms with van der Waals surface area (Å²) in [6, 6.07) is 0. The molecule has 0 aliphatic heterocycles. The Morgan fingerprint density at radius 2 is 1.89 bits per heavy atom. The maximum Gasteiger partial charge on any atom is 0.149 e. The molecule has 102 valence electrons. The zero-order chi connectivity index (χ0) is 14.2. The molecule has 0 heterocycles. The van der Waals surface area contributed by atoms with E-state index in [9.17, 15) is 0 Å². The number of hydrogen-bond donors (Lipinski definition) is 1. The second-order valence-corrected chi connectivity index (χ2v) is 5.94. The maximum absolute atomic E-state index is 5.38. The lowest BCUT2D eigenvalue weighted by Gasteiger charge is -2.20. The highest BCUT2D eigenvalue weighted by atomic mass is 16.6. The van der Waals surface area contributed by atoms with E-state index in [1.807, 2.05) is 18.2 Å². The van der Waals surface area contributed by atoms with Crippen LogP contribution in [0.5, 0.6) is 0 Å². The summed E-state index contributed by atoms with van der Waals surface area (Å²) in [6.45, 7) is 14.5. The van der Waals surface area contributed by atoms with Gasteiger partial charge in [-0.1, -0.05) is 65.5 Å². The van der Waals surface area contributed by atoms with Gasteiger partial charge in [-0.05, 0) is 29.4 Å². The molecule has 0 aromatic heterocycles. The Morgan fingerprint density at radius 3 is 2.28 bits per heavy atom. The molecular weight excluding hydrogens is 222 g/mol. The van der Waals surface area contributed by atoms with Crippen molar-refractivity contribution < 1.29 is 4.84 Å². The molecule has 0 saturated carbocycles. The van der Waals surface area contributed by atoms with Crippen molar-refractivity contribution in [3.8, 4) is 0 Å². The Balaban J connectivity index is 5.30. The van der Waals surface area contributed by atoms with Gasteiger partial charge < -0.3 is 4.84 Å². The highest BCUT2D eigenvalue weighted by Gasteiger charge is 2.14. The standard InChI is InChI=1S/C16H27NO/c1-7-8-9-14(12-16(4,5)6)15(18-17)11-10-13(2)3/h7-11,13H,1,12,17H2,2-6H3/b9-8-,11-10+,15-14-. The van der Waals surface area contributed by atoms with E-state index >= 15 is 0 Å². The van der Waals surface area contributed by atoms with Crippen LogP contribution in [0.4, 0.5) is 0 Å². The molecule has 2 nitrogen and oxygen atoms in total. The van der Waals surface area contributed by atoms with E-state index in [2.05, 4.69) is 47.3 Å². The fourth-order valence-electron chi connectivity index (χ4n) is 1.49. The number of allylic oxidation sites excluding steroid dienone is 6. The molecule has 0 amide bonds. The van der Waals surface area contributed by atoms with Gasteiger partial charge in [0.2, 0.25) is 0 Å². The van der Waals surface area contributed by atoms with Crippen LogP contribution in [0, 0.1) is 11.3 Å². The summed E-state index contributed by atoms with van der Waals surface area (Å²) >= 11 is 0. The summed E-state index contributed by atoms with van der Waals surface area (Å²) in [5.41, 5.74) is 1.26. The first-order valence-electron chi connectivity index (χ1n) is 6.37. The first-order valence-corrected chi connectivity index (χ1v) is 6.37. The third-order valence-electron chi connectivity index (χ3n) is 2.23. The van der Waals surface area contributed by atoms with Crippen LogP contribution in [-0.4, -0.2) is 0 Å². The molecule has 0 saturated heterocycles. The Bertz CT molecular complexity index is 341. The van der Waals surface area contributed by atoms with Gasteiger partial charge in [-0.2, -0.15) is 5.90 Å². The summed E-state index contributed by atoms with van der Waals surface area (Å²) in [5.74, 6) is 6.57. The van der Waals surface area contributed by atoms with Crippen molar-refractivity contribution in [3.63, 3.8) is 0 Å². The molecule has 0 spiro atoms. The quantitative estimate of drug-likeness (QED) is 0.426. The zero-order valence-corrected chi connectivity index (χ0v) is 12.4. The number of hydrogen-bond acceptors (Lipinski definition) is 2. The lowest BCUT2D eigenvalue weighted by molar-refractivity contribution is 0.227. The van der Waals surface area contributed by atoms with E-state index < -0.39 is 0 Å². The highest BCUT2D eigenvalue weighted by Crippen LogP contribution is 2.27. The third-order valence-corrected chi connectivity index (χ3v) is 2.23. The minimum Gasteiger partial charge on any atom is -0.411 e. The molecule has 0 aliphatic rings. The molecule has 0 bridgehead atoms. The van der Waals surface area contributed by atoms with Gasteiger partial charge in [0.25, 0.3) is 0 Å². The van der Waals surface area contributed by atoms with Crippen LogP contribution in [0.15, 0.2) is 48.3 Å². The lowest BCUT2D eigenvalue weighted by Crippen LogP contribution is -2.09. The summed E-state index contributed by atoms with van der Waals surface area (Å²) in [7, 11) is 0. The molecule has 2 heteroatoms. The van der Waals surface area contributed by atoms with Crippen LogP contribution in [-0.2, 0) is 4.84 Å². The van der Waals surface area contributed by atoms with E-state index in [1.54, 1.807) is 6.08 Å². The highest BCUT2D eigenvalue weighted by molar-refractivity contribution is 5.31. The Morgan fingerprint density at radius 1 is 1.28 bits per heavy atom. The van der Waals surface area contributed by atoms with Crippen LogP contribution in [0.1, 0.15) is 41.0 Å². The molecular formula is C16H27NO. The second kappa shape index (κ2) is 7.93. The minimum atomic E-state index is 0.177. The fraction of sp³-hybridized carbons (Fsp3) is 0.500. The van der Waals surface area contributed by atoms with Crippen LogP contribution >= 0.6 is 0 Å². The van der Waals surface area contributed by atoms with Gasteiger partial charge in [-0.3, -0.25) is 0 Å². The van der Waals surface area contributed by atoms with Crippen LogP contribution in [0.3, 0.4) is 0 Å². The van der Waals surface area contributed by atoms with Crippen LogP contribution in [0.25, 0.3) is 0 Å². The van der Waals surface area contributed by atoms with Crippen molar-refractivity contribution in [1.82, 2.24) is 0 Å². The van der Waals surface area contributed by atoms with Crippen molar-refractivity contribution >= 4 is 0 Å². The number of nitrogens with two attached hydrogens (primary N) is 1. The van der Waals surface area contributed by atoms with Crippen molar-refractivity contribution in [2.45, 2.75) is 41.0 Å². The first-order chi connectivity index (χ1) is 8.30. The van der Waals surface area contributed by atoms with Gasteiger partial charge in [0, 0.05) is 0 Å². The maximum atomic E-state index is 5.38. The molecule has 18 heavy (non-hydrogen) atoms. The normalized spacial score (nSPS) is 14.4. The monoisotopic (exact) mass is 249 g/mol. The molecule has 0 radical (unpaired) electrons. The second-order valence-electron chi connectivity index (χ2n) is 5.94. The smallest absolute Gasteiger partial charge is 0.149 e. The van der Waals surface area contributed by atoms with Gasteiger partial charge in [0.15, 0.2) is 0 Å². The Labute approximate surface area is 112 Å². The van der Waals surface area contributed by atoms with Gasteiger partial charge in [-0.15, -0.1) is 0 Å². The van der Waals surface area contributed by atoms with Gasteiger partial charge in [0.05, 0.1) is 0 Å². The largest absolute Gasteiger partial charge is 0.411 e. The molecule has 0 unspecified atom stereocenters. The van der Waals surface area contributed by atoms with Gasteiger partial charge in [0.1, 0.15) is 5.76 Å². The van der Waals surface area contributed by atoms with Crippen LogP contribution < -0.4 is 5.90 Å².